The number of hydrogen-bond acceptors (Lipinski definition) is 15. The molecule has 0 aromatic rings. The lowest BCUT2D eigenvalue weighted by Crippen LogP contribution is -2.30. The highest BCUT2D eigenvalue weighted by Gasteiger charge is 2.30. The number of ether oxygens (including phenoxy) is 4. The number of unbranched alkanes of at least 4 members (excludes halogenated alkanes) is 44. The third-order valence-corrected chi connectivity index (χ3v) is 18.8. The molecule has 0 saturated carbocycles. The first-order chi connectivity index (χ1) is 45.7. The molecule has 0 amide bonds. The highest BCUT2D eigenvalue weighted by Crippen LogP contribution is 2.45. The fraction of sp³-hybridized carbons (Fsp3) is 0.893. The van der Waals surface area contributed by atoms with Crippen molar-refractivity contribution < 1.29 is 80.2 Å². The zero-order chi connectivity index (χ0) is 69.0. The predicted molar refractivity (Wildman–Crippen MR) is 381 cm³/mol. The van der Waals surface area contributed by atoms with Gasteiger partial charge in [-0.1, -0.05) is 296 Å². The zero-order valence-electron chi connectivity index (χ0n) is 60.4. The van der Waals surface area contributed by atoms with Crippen LogP contribution in [0.2, 0.25) is 0 Å². The summed E-state index contributed by atoms with van der Waals surface area (Å²) < 4.78 is 68.5. The number of hydrogen-bond donors (Lipinski definition) is 3. The highest BCUT2D eigenvalue weighted by atomic mass is 31.2. The van der Waals surface area contributed by atoms with Crippen LogP contribution in [0.1, 0.15) is 374 Å². The van der Waals surface area contributed by atoms with Crippen LogP contribution in [-0.4, -0.2) is 96.7 Å². The minimum atomic E-state index is -4.96. The van der Waals surface area contributed by atoms with Crippen LogP contribution in [0.4, 0.5) is 0 Å². The van der Waals surface area contributed by atoms with E-state index < -0.39 is 97.5 Å². The monoisotopic (exact) mass is 1380 g/mol. The molecule has 0 aromatic carbocycles. The average Bonchev–Trinajstić information content (AvgIpc) is 2.45. The molecule has 17 nitrogen and oxygen atoms in total. The molecule has 0 aromatic heterocycles. The molecule has 0 saturated heterocycles. The van der Waals surface area contributed by atoms with E-state index in [0.717, 1.165) is 128 Å². The Hall–Kier alpha value is -2.46. The van der Waals surface area contributed by atoms with Gasteiger partial charge in [-0.15, -0.1) is 0 Å². The smallest absolute Gasteiger partial charge is 0.462 e. The summed E-state index contributed by atoms with van der Waals surface area (Å²) in [4.78, 5) is 72.8. The zero-order valence-corrected chi connectivity index (χ0v) is 62.2. The molecule has 3 N–H and O–H groups in total. The van der Waals surface area contributed by atoms with Crippen molar-refractivity contribution in [3.8, 4) is 0 Å². The standard InChI is InChI=1S/C75H142O17P2/c1-5-9-13-17-21-25-29-33-34-38-40-44-48-52-56-60-73(78)86-66-71(92-75(80)62-58-54-50-46-42-37-32-28-24-20-16-12-8-4)68-90-94(83,84)88-64-69(76)63-87-93(81,82)89-67-70(91-74(79)61-57-53-49-45-41-36-31-27-23-19-15-11-7-3)65-85-72(77)59-55-51-47-43-39-35-30-26-22-18-14-10-6-2/h26,30,33-34,69-71,76H,5-25,27-29,31-32,35-68H2,1-4H3,(H,81,82)(H,83,84)/b30-26-,34-33-. The van der Waals surface area contributed by atoms with Gasteiger partial charge < -0.3 is 33.8 Å². The van der Waals surface area contributed by atoms with Crippen molar-refractivity contribution in [2.45, 2.75) is 393 Å². The topological polar surface area (TPSA) is 237 Å². The molecule has 0 rings (SSSR count). The second-order valence-electron chi connectivity index (χ2n) is 26.3. The van der Waals surface area contributed by atoms with Gasteiger partial charge in [-0.05, 0) is 77.0 Å². The molecule has 0 spiro atoms. The Morgan fingerprint density at radius 3 is 0.745 bits per heavy atom. The fourth-order valence-electron chi connectivity index (χ4n) is 11.0. The van der Waals surface area contributed by atoms with Gasteiger partial charge in [0.05, 0.1) is 26.4 Å². The molecule has 0 aliphatic heterocycles. The molecule has 0 radical (unpaired) electrons. The Balaban J connectivity index is 5.29. The van der Waals surface area contributed by atoms with Gasteiger partial charge in [0.25, 0.3) is 0 Å². The number of aliphatic hydroxyl groups is 1. The van der Waals surface area contributed by atoms with Gasteiger partial charge in [-0.25, -0.2) is 9.13 Å². The number of aliphatic hydroxyl groups excluding tert-OH is 1. The first-order valence-electron chi connectivity index (χ1n) is 38.6. The molecule has 554 valence electrons. The van der Waals surface area contributed by atoms with Crippen molar-refractivity contribution in [3.63, 3.8) is 0 Å². The lowest BCUT2D eigenvalue weighted by molar-refractivity contribution is -0.161. The molecule has 19 heteroatoms. The van der Waals surface area contributed by atoms with E-state index in [-0.39, 0.29) is 25.7 Å². The molecular formula is C75H142O17P2. The summed E-state index contributed by atoms with van der Waals surface area (Å²) in [5.74, 6) is -2.15. The largest absolute Gasteiger partial charge is 0.472 e. The Morgan fingerprint density at radius 1 is 0.287 bits per heavy atom. The van der Waals surface area contributed by atoms with Crippen LogP contribution in [-0.2, 0) is 65.4 Å². The highest BCUT2D eigenvalue weighted by molar-refractivity contribution is 7.47. The van der Waals surface area contributed by atoms with Gasteiger partial charge in [-0.2, -0.15) is 0 Å². The van der Waals surface area contributed by atoms with E-state index in [4.69, 9.17) is 37.0 Å². The van der Waals surface area contributed by atoms with E-state index in [9.17, 15) is 43.2 Å². The van der Waals surface area contributed by atoms with Crippen LogP contribution in [0.25, 0.3) is 0 Å². The van der Waals surface area contributed by atoms with Crippen LogP contribution in [0.15, 0.2) is 24.3 Å². The first kappa shape index (κ1) is 91.5. The molecule has 0 heterocycles. The van der Waals surface area contributed by atoms with E-state index in [1.165, 1.54) is 167 Å². The van der Waals surface area contributed by atoms with Gasteiger partial charge in [0.2, 0.25) is 0 Å². The molecule has 0 fully saturated rings. The summed E-state index contributed by atoms with van der Waals surface area (Å²) in [5.41, 5.74) is 0. The number of rotatable bonds is 74. The van der Waals surface area contributed by atoms with E-state index in [1.54, 1.807) is 0 Å². The van der Waals surface area contributed by atoms with Crippen molar-refractivity contribution in [2.75, 3.05) is 39.6 Å². The first-order valence-corrected chi connectivity index (χ1v) is 41.6. The quantitative estimate of drug-likeness (QED) is 0.0169. The van der Waals surface area contributed by atoms with Crippen LogP contribution >= 0.6 is 15.6 Å². The van der Waals surface area contributed by atoms with E-state index in [1.807, 2.05) is 0 Å². The van der Waals surface area contributed by atoms with Gasteiger partial charge in [-0.3, -0.25) is 37.3 Å². The normalized spacial score (nSPS) is 14.1. The number of phosphoric ester groups is 2. The summed E-state index contributed by atoms with van der Waals surface area (Å²) in [6.45, 7) is 4.92. The van der Waals surface area contributed by atoms with Crippen LogP contribution in [0, 0.1) is 0 Å². The van der Waals surface area contributed by atoms with Crippen molar-refractivity contribution in [2.24, 2.45) is 0 Å². The lowest BCUT2D eigenvalue weighted by atomic mass is 10.0. The lowest BCUT2D eigenvalue weighted by Gasteiger charge is -2.21. The minimum Gasteiger partial charge on any atom is -0.462 e. The van der Waals surface area contributed by atoms with Gasteiger partial charge >= 0.3 is 39.5 Å². The minimum absolute atomic E-state index is 0.103. The third-order valence-electron chi connectivity index (χ3n) is 16.9. The molecule has 5 atom stereocenters. The summed E-state index contributed by atoms with van der Waals surface area (Å²) in [6, 6.07) is 0. The van der Waals surface area contributed by atoms with Crippen molar-refractivity contribution in [3.05, 3.63) is 24.3 Å². The summed E-state index contributed by atoms with van der Waals surface area (Å²) >= 11 is 0. The maximum atomic E-state index is 13.1. The SMILES string of the molecule is CCCCCC/C=C\CCCCCCCC(=O)OCC(COP(=O)(O)OCC(O)COP(=O)(O)OCC(COC(=O)CCCCCCC/C=C\CCCCCCCC)OC(=O)CCCCCCCCCCCCCCC)OC(=O)CCCCCCCCCCCCCCC. The van der Waals surface area contributed by atoms with Crippen LogP contribution in [0.5, 0.6) is 0 Å². The number of phosphoric acid groups is 2. The second-order valence-corrected chi connectivity index (χ2v) is 29.2. The average molecular weight is 1380 g/mol. The maximum Gasteiger partial charge on any atom is 0.472 e. The van der Waals surface area contributed by atoms with Crippen LogP contribution in [0.3, 0.4) is 0 Å². The fourth-order valence-corrected chi connectivity index (χ4v) is 12.6. The number of carbonyl (C=O) groups is 4. The van der Waals surface area contributed by atoms with E-state index in [2.05, 4.69) is 52.0 Å². The molecule has 0 bridgehead atoms. The summed E-state index contributed by atoms with van der Waals surface area (Å²) in [7, 11) is -9.92. The second kappa shape index (κ2) is 69.0. The molecule has 0 aliphatic carbocycles. The van der Waals surface area contributed by atoms with Gasteiger partial charge in [0, 0.05) is 25.7 Å². The van der Waals surface area contributed by atoms with Gasteiger partial charge in [0.15, 0.2) is 12.2 Å². The number of carbonyl (C=O) groups excluding carboxylic acids is 4. The molecular weight excluding hydrogens is 1230 g/mol. The van der Waals surface area contributed by atoms with Crippen LogP contribution < -0.4 is 0 Å². The molecule has 0 aliphatic rings. The van der Waals surface area contributed by atoms with Crippen molar-refractivity contribution in [1.29, 1.82) is 0 Å². The Kier molecular flexibility index (Phi) is 67.2. The molecule has 5 unspecified atom stereocenters. The maximum absolute atomic E-state index is 13.1. The van der Waals surface area contributed by atoms with E-state index in [0.29, 0.717) is 25.7 Å². The summed E-state index contributed by atoms with van der Waals surface area (Å²) in [6.07, 6.45) is 61.6. The molecule has 94 heavy (non-hydrogen) atoms. The van der Waals surface area contributed by atoms with Gasteiger partial charge in [0.1, 0.15) is 19.3 Å². The Labute approximate surface area is 573 Å². The Morgan fingerprint density at radius 2 is 0.489 bits per heavy atom. The number of allylic oxidation sites excluding steroid dienone is 4. The van der Waals surface area contributed by atoms with E-state index >= 15 is 0 Å². The number of esters is 4. The van der Waals surface area contributed by atoms with Crippen molar-refractivity contribution >= 4 is 39.5 Å². The predicted octanol–water partition coefficient (Wildman–Crippen LogP) is 21.8. The third kappa shape index (κ3) is 68.1. The summed E-state index contributed by atoms with van der Waals surface area (Å²) in [5, 5.41) is 10.6. The Bertz CT molecular complexity index is 1880. The van der Waals surface area contributed by atoms with Crippen molar-refractivity contribution in [1.82, 2.24) is 0 Å².